The summed E-state index contributed by atoms with van der Waals surface area (Å²) in [5.74, 6) is 0.729. The minimum absolute atomic E-state index is 0.689. The lowest BCUT2D eigenvalue weighted by molar-refractivity contribution is 0.254. The fourth-order valence-electron chi connectivity index (χ4n) is 1.28. The molecule has 0 atom stereocenters. The number of unbranched alkanes of at least 4 members (excludes halogenated alkanes) is 1. The molecule has 0 radical (unpaired) electrons. The summed E-state index contributed by atoms with van der Waals surface area (Å²) >= 11 is 0. The van der Waals surface area contributed by atoms with E-state index in [4.69, 9.17) is 5.26 Å². The zero-order chi connectivity index (χ0) is 9.40. The van der Waals surface area contributed by atoms with Gasteiger partial charge in [-0.25, -0.2) is 0 Å². The van der Waals surface area contributed by atoms with Crippen LogP contribution in [-0.2, 0) is 0 Å². The molecule has 0 aliphatic heterocycles. The Hall–Kier alpha value is -0.550. The Morgan fingerprint density at radius 1 is 1.42 bits per heavy atom. The molecule has 2 nitrogen and oxygen atoms in total. The molecule has 0 bridgehead atoms. The molecular formula is C10H20N2. The predicted octanol–water partition coefficient (Wildman–Crippen LogP) is 2.27. The lowest BCUT2D eigenvalue weighted by Crippen LogP contribution is -2.28. The third-order valence-electron chi connectivity index (χ3n) is 1.83. The summed E-state index contributed by atoms with van der Waals surface area (Å²) in [5.41, 5.74) is 0. The fraction of sp³-hybridized carbons (Fsp3) is 0.900. The minimum Gasteiger partial charge on any atom is -0.303 e. The van der Waals surface area contributed by atoms with E-state index in [-0.39, 0.29) is 0 Å². The Balaban J connectivity index is 3.47. The van der Waals surface area contributed by atoms with Gasteiger partial charge in [-0.2, -0.15) is 5.26 Å². The number of rotatable bonds is 6. The van der Waals surface area contributed by atoms with Crippen molar-refractivity contribution in [3.8, 4) is 6.07 Å². The first kappa shape index (κ1) is 11.4. The highest BCUT2D eigenvalue weighted by Gasteiger charge is 2.03. The normalized spacial score (nSPS) is 10.7. The molecule has 12 heavy (non-hydrogen) atoms. The van der Waals surface area contributed by atoms with Crippen LogP contribution in [-0.4, -0.2) is 24.5 Å². The average molecular weight is 168 g/mol. The van der Waals surface area contributed by atoms with E-state index in [1.807, 2.05) is 0 Å². The average Bonchev–Trinajstić information content (AvgIpc) is 2.02. The van der Waals surface area contributed by atoms with E-state index in [0.717, 1.165) is 32.0 Å². The maximum atomic E-state index is 8.37. The van der Waals surface area contributed by atoms with E-state index in [1.54, 1.807) is 0 Å². The maximum absolute atomic E-state index is 8.37. The van der Waals surface area contributed by atoms with E-state index in [2.05, 4.69) is 31.7 Å². The van der Waals surface area contributed by atoms with Crippen LogP contribution < -0.4 is 0 Å². The van der Waals surface area contributed by atoms with E-state index in [0.29, 0.717) is 6.42 Å². The SMILES string of the molecule is CCN(CCCC#N)CC(C)C. The van der Waals surface area contributed by atoms with Gasteiger partial charge in [-0.3, -0.25) is 0 Å². The van der Waals surface area contributed by atoms with Crippen LogP contribution in [0.4, 0.5) is 0 Å². The maximum Gasteiger partial charge on any atom is 0.0622 e. The Morgan fingerprint density at radius 2 is 2.08 bits per heavy atom. The molecule has 0 fully saturated rings. The van der Waals surface area contributed by atoms with Crippen molar-refractivity contribution in [2.75, 3.05) is 19.6 Å². The second kappa shape index (κ2) is 7.12. The standard InChI is InChI=1S/C10H20N2/c1-4-12(9-10(2)3)8-6-5-7-11/h10H,4-6,8-9H2,1-3H3. The molecule has 0 heterocycles. The fourth-order valence-corrected chi connectivity index (χ4v) is 1.28. The zero-order valence-electron chi connectivity index (χ0n) is 8.51. The number of hydrogen-bond donors (Lipinski definition) is 0. The second-order valence-electron chi connectivity index (χ2n) is 3.55. The Kier molecular flexibility index (Phi) is 6.79. The van der Waals surface area contributed by atoms with Crippen molar-refractivity contribution in [2.24, 2.45) is 5.92 Å². The minimum atomic E-state index is 0.689. The molecule has 0 saturated carbocycles. The zero-order valence-corrected chi connectivity index (χ0v) is 8.51. The third-order valence-corrected chi connectivity index (χ3v) is 1.83. The molecule has 0 aromatic rings. The molecule has 0 unspecified atom stereocenters. The van der Waals surface area contributed by atoms with Gasteiger partial charge in [0.2, 0.25) is 0 Å². The van der Waals surface area contributed by atoms with Gasteiger partial charge in [0, 0.05) is 13.0 Å². The van der Waals surface area contributed by atoms with E-state index >= 15 is 0 Å². The van der Waals surface area contributed by atoms with E-state index in [1.165, 1.54) is 0 Å². The Morgan fingerprint density at radius 3 is 2.50 bits per heavy atom. The summed E-state index contributed by atoms with van der Waals surface area (Å²) in [6.45, 7) is 9.96. The summed E-state index contributed by atoms with van der Waals surface area (Å²) in [4.78, 5) is 2.40. The molecule has 0 N–H and O–H groups in total. The molecule has 0 aliphatic carbocycles. The van der Waals surface area contributed by atoms with Crippen LogP contribution in [0.2, 0.25) is 0 Å². The van der Waals surface area contributed by atoms with Crippen LogP contribution in [0.1, 0.15) is 33.6 Å². The third kappa shape index (κ3) is 6.18. The largest absolute Gasteiger partial charge is 0.303 e. The van der Waals surface area contributed by atoms with Gasteiger partial charge in [0.1, 0.15) is 0 Å². The summed E-state index contributed by atoms with van der Waals surface area (Å²) in [6, 6.07) is 2.17. The van der Waals surface area contributed by atoms with Crippen LogP contribution in [0, 0.1) is 17.2 Å². The monoisotopic (exact) mass is 168 g/mol. The molecule has 0 aliphatic rings. The van der Waals surface area contributed by atoms with Crippen LogP contribution in [0.15, 0.2) is 0 Å². The van der Waals surface area contributed by atoms with E-state index in [9.17, 15) is 0 Å². The molecule has 0 aromatic carbocycles. The summed E-state index contributed by atoms with van der Waals surface area (Å²) in [6.07, 6.45) is 1.70. The first-order valence-electron chi connectivity index (χ1n) is 4.80. The topological polar surface area (TPSA) is 27.0 Å². The molecule has 2 heteroatoms. The van der Waals surface area contributed by atoms with Gasteiger partial charge in [0.25, 0.3) is 0 Å². The van der Waals surface area contributed by atoms with Gasteiger partial charge in [-0.1, -0.05) is 20.8 Å². The number of nitriles is 1. The Labute approximate surface area is 76.2 Å². The van der Waals surface area contributed by atoms with E-state index < -0.39 is 0 Å². The highest BCUT2D eigenvalue weighted by molar-refractivity contribution is 4.70. The van der Waals surface area contributed by atoms with Crippen molar-refractivity contribution < 1.29 is 0 Å². The number of nitrogens with zero attached hydrogens (tertiary/aromatic N) is 2. The lowest BCUT2D eigenvalue weighted by Gasteiger charge is -2.21. The Bertz CT molecular complexity index is 135. The van der Waals surface area contributed by atoms with Crippen molar-refractivity contribution in [3.63, 3.8) is 0 Å². The van der Waals surface area contributed by atoms with Crippen molar-refractivity contribution in [2.45, 2.75) is 33.6 Å². The highest BCUT2D eigenvalue weighted by Crippen LogP contribution is 2.00. The predicted molar refractivity (Wildman–Crippen MR) is 51.8 cm³/mol. The quantitative estimate of drug-likeness (QED) is 0.569. The molecular weight excluding hydrogens is 148 g/mol. The molecule has 0 saturated heterocycles. The first-order valence-corrected chi connectivity index (χ1v) is 4.80. The van der Waals surface area contributed by atoms with Gasteiger partial charge in [-0.05, 0) is 25.4 Å². The number of hydrogen-bond acceptors (Lipinski definition) is 2. The first-order chi connectivity index (χ1) is 5.70. The second-order valence-corrected chi connectivity index (χ2v) is 3.55. The van der Waals surface area contributed by atoms with Crippen molar-refractivity contribution in [1.29, 1.82) is 5.26 Å². The molecule has 0 amide bonds. The summed E-state index contributed by atoms with van der Waals surface area (Å²) in [7, 11) is 0. The van der Waals surface area contributed by atoms with Gasteiger partial charge in [-0.15, -0.1) is 0 Å². The van der Waals surface area contributed by atoms with Crippen molar-refractivity contribution in [1.82, 2.24) is 4.90 Å². The molecule has 0 rings (SSSR count). The molecule has 70 valence electrons. The summed E-state index contributed by atoms with van der Waals surface area (Å²) in [5, 5.41) is 8.37. The lowest BCUT2D eigenvalue weighted by atomic mass is 10.2. The van der Waals surface area contributed by atoms with Gasteiger partial charge in [0.15, 0.2) is 0 Å². The highest BCUT2D eigenvalue weighted by atomic mass is 15.1. The smallest absolute Gasteiger partial charge is 0.0622 e. The molecule has 0 aromatic heterocycles. The van der Waals surface area contributed by atoms with Gasteiger partial charge >= 0.3 is 0 Å². The van der Waals surface area contributed by atoms with Gasteiger partial charge < -0.3 is 4.90 Å². The van der Waals surface area contributed by atoms with Crippen molar-refractivity contribution >= 4 is 0 Å². The van der Waals surface area contributed by atoms with Gasteiger partial charge in [0.05, 0.1) is 6.07 Å². The van der Waals surface area contributed by atoms with Crippen LogP contribution in [0.5, 0.6) is 0 Å². The molecule has 0 spiro atoms. The van der Waals surface area contributed by atoms with Crippen LogP contribution in [0.25, 0.3) is 0 Å². The summed E-state index contributed by atoms with van der Waals surface area (Å²) < 4.78 is 0. The van der Waals surface area contributed by atoms with Crippen molar-refractivity contribution in [3.05, 3.63) is 0 Å². The van der Waals surface area contributed by atoms with Crippen LogP contribution >= 0.6 is 0 Å². The van der Waals surface area contributed by atoms with Crippen LogP contribution in [0.3, 0.4) is 0 Å².